The van der Waals surface area contributed by atoms with Crippen LogP contribution in [0.15, 0.2) is 23.5 Å². The van der Waals surface area contributed by atoms with Gasteiger partial charge in [0.2, 0.25) is 6.10 Å². The first-order valence-electron chi connectivity index (χ1n) is 4.55. The van der Waals surface area contributed by atoms with Crippen molar-refractivity contribution in [1.29, 1.82) is 0 Å². The van der Waals surface area contributed by atoms with E-state index >= 15 is 0 Å². The number of nitrogens with zero attached hydrogens (tertiary/aromatic N) is 2. The summed E-state index contributed by atoms with van der Waals surface area (Å²) in [5.74, 6) is -0.992. The van der Waals surface area contributed by atoms with Gasteiger partial charge in [-0.05, 0) is 19.1 Å². The van der Waals surface area contributed by atoms with Crippen LogP contribution in [0, 0.1) is 6.92 Å². The number of hydrogen-bond acceptors (Lipinski definition) is 4. The number of carbonyl (C=O) groups is 1. The van der Waals surface area contributed by atoms with E-state index in [1.807, 2.05) is 19.1 Å². The zero-order chi connectivity index (χ0) is 10.8. The Morgan fingerprint density at radius 1 is 1.60 bits per heavy atom. The van der Waals surface area contributed by atoms with E-state index in [0.29, 0.717) is 12.1 Å². The largest absolute Gasteiger partial charge is 0.478 e. The van der Waals surface area contributed by atoms with E-state index in [9.17, 15) is 4.79 Å². The van der Waals surface area contributed by atoms with E-state index in [4.69, 9.17) is 9.94 Å². The summed E-state index contributed by atoms with van der Waals surface area (Å²) >= 11 is 0. The fourth-order valence-corrected chi connectivity index (χ4v) is 1.32. The van der Waals surface area contributed by atoms with Crippen LogP contribution in [0.1, 0.15) is 17.7 Å². The Bertz CT molecular complexity index is 411. The van der Waals surface area contributed by atoms with Crippen molar-refractivity contribution in [2.45, 2.75) is 19.4 Å². The number of rotatable bonds is 2. The molecule has 0 amide bonds. The molecule has 1 aromatic heterocycles. The lowest BCUT2D eigenvalue weighted by Gasteiger charge is -2.00. The van der Waals surface area contributed by atoms with E-state index in [1.165, 1.54) is 0 Å². The number of pyridine rings is 1. The summed E-state index contributed by atoms with van der Waals surface area (Å²) in [7, 11) is 0. The number of aliphatic carboxylic acids is 1. The van der Waals surface area contributed by atoms with Crippen molar-refractivity contribution in [1.82, 2.24) is 4.98 Å². The second-order valence-electron chi connectivity index (χ2n) is 3.36. The van der Waals surface area contributed by atoms with Crippen LogP contribution in [0.25, 0.3) is 0 Å². The van der Waals surface area contributed by atoms with E-state index in [1.54, 1.807) is 6.20 Å². The number of aryl methyl sites for hydroxylation is 1. The predicted octanol–water partition coefficient (Wildman–Crippen LogP) is 0.968. The predicted molar refractivity (Wildman–Crippen MR) is 52.6 cm³/mol. The van der Waals surface area contributed by atoms with Gasteiger partial charge in [0.1, 0.15) is 0 Å². The maximum absolute atomic E-state index is 10.6. The first kappa shape index (κ1) is 9.64. The van der Waals surface area contributed by atoms with Crippen LogP contribution in [0.2, 0.25) is 0 Å². The summed E-state index contributed by atoms with van der Waals surface area (Å²) in [6.07, 6.45) is 1.10. The number of oxime groups is 1. The summed E-state index contributed by atoms with van der Waals surface area (Å²) in [6.45, 7) is 1.89. The second kappa shape index (κ2) is 3.68. The highest BCUT2D eigenvalue weighted by atomic mass is 16.7. The van der Waals surface area contributed by atoms with Gasteiger partial charge in [-0.1, -0.05) is 5.16 Å². The highest BCUT2D eigenvalue weighted by Gasteiger charge is 2.28. The van der Waals surface area contributed by atoms with Gasteiger partial charge in [-0.2, -0.15) is 0 Å². The van der Waals surface area contributed by atoms with Crippen LogP contribution in [-0.4, -0.2) is 27.9 Å². The van der Waals surface area contributed by atoms with Gasteiger partial charge in [0, 0.05) is 23.9 Å². The molecule has 78 valence electrons. The Hall–Kier alpha value is -1.91. The van der Waals surface area contributed by atoms with Gasteiger partial charge in [-0.15, -0.1) is 0 Å². The minimum atomic E-state index is -0.992. The topological polar surface area (TPSA) is 71.8 Å². The van der Waals surface area contributed by atoms with Crippen LogP contribution in [0.4, 0.5) is 0 Å². The summed E-state index contributed by atoms with van der Waals surface area (Å²) in [6, 6.07) is 3.71. The molecule has 1 N–H and O–H groups in total. The highest BCUT2D eigenvalue weighted by molar-refractivity contribution is 6.03. The maximum atomic E-state index is 10.6. The molecule has 0 bridgehead atoms. The standard InChI is InChI=1S/C10H10N2O3/c1-6-2-3-7(5-11-6)8-4-9(10(13)14)15-12-8/h2-3,5,9H,4H2,1H3,(H,13,14). The summed E-state index contributed by atoms with van der Waals surface area (Å²) < 4.78 is 0. The van der Waals surface area contributed by atoms with Gasteiger partial charge in [0.25, 0.3) is 0 Å². The van der Waals surface area contributed by atoms with Crippen molar-refractivity contribution in [2.75, 3.05) is 0 Å². The Balaban J connectivity index is 2.14. The van der Waals surface area contributed by atoms with Crippen LogP contribution >= 0.6 is 0 Å². The van der Waals surface area contributed by atoms with Crippen molar-refractivity contribution in [3.05, 3.63) is 29.6 Å². The van der Waals surface area contributed by atoms with Gasteiger partial charge in [-0.25, -0.2) is 4.79 Å². The van der Waals surface area contributed by atoms with Crippen molar-refractivity contribution < 1.29 is 14.7 Å². The van der Waals surface area contributed by atoms with Gasteiger partial charge >= 0.3 is 5.97 Å². The monoisotopic (exact) mass is 206 g/mol. The lowest BCUT2D eigenvalue weighted by Crippen LogP contribution is -2.19. The molecule has 0 spiro atoms. The van der Waals surface area contributed by atoms with Gasteiger partial charge in [-0.3, -0.25) is 4.98 Å². The first-order chi connectivity index (χ1) is 7.16. The van der Waals surface area contributed by atoms with Crippen molar-refractivity contribution in [3.8, 4) is 0 Å². The Labute approximate surface area is 86.4 Å². The fourth-order valence-electron chi connectivity index (χ4n) is 1.32. The zero-order valence-electron chi connectivity index (χ0n) is 8.17. The van der Waals surface area contributed by atoms with Crippen LogP contribution in [-0.2, 0) is 9.63 Å². The Kier molecular flexibility index (Phi) is 2.37. The molecule has 0 aromatic carbocycles. The molecule has 1 aliphatic heterocycles. The molecule has 5 heteroatoms. The molecule has 0 aliphatic carbocycles. The van der Waals surface area contributed by atoms with Crippen LogP contribution in [0.5, 0.6) is 0 Å². The molecule has 2 heterocycles. The van der Waals surface area contributed by atoms with E-state index in [0.717, 1.165) is 11.3 Å². The minimum Gasteiger partial charge on any atom is -0.478 e. The zero-order valence-corrected chi connectivity index (χ0v) is 8.17. The molecule has 2 rings (SSSR count). The molecule has 0 fully saturated rings. The normalized spacial score (nSPS) is 19.5. The van der Waals surface area contributed by atoms with Gasteiger partial charge in [0.05, 0.1) is 5.71 Å². The van der Waals surface area contributed by atoms with Crippen LogP contribution in [0.3, 0.4) is 0 Å². The average molecular weight is 206 g/mol. The number of aromatic nitrogens is 1. The second-order valence-corrected chi connectivity index (χ2v) is 3.36. The molecular formula is C10H10N2O3. The Morgan fingerprint density at radius 3 is 2.93 bits per heavy atom. The number of carboxylic acids is 1. The van der Waals surface area contributed by atoms with Crippen molar-refractivity contribution in [3.63, 3.8) is 0 Å². The quantitative estimate of drug-likeness (QED) is 0.782. The molecule has 0 saturated heterocycles. The SMILES string of the molecule is Cc1ccc(C2=NOC(C(=O)O)C2)cn1. The van der Waals surface area contributed by atoms with E-state index < -0.39 is 12.1 Å². The molecular weight excluding hydrogens is 196 g/mol. The van der Waals surface area contributed by atoms with Gasteiger partial charge in [0.15, 0.2) is 0 Å². The van der Waals surface area contributed by atoms with Crippen molar-refractivity contribution >= 4 is 11.7 Å². The minimum absolute atomic E-state index is 0.292. The third kappa shape index (κ3) is 1.96. The van der Waals surface area contributed by atoms with Crippen LogP contribution < -0.4 is 0 Å². The first-order valence-corrected chi connectivity index (χ1v) is 4.55. The number of carboxylic acid groups (broad SMARTS) is 1. The third-order valence-corrected chi connectivity index (χ3v) is 2.19. The smallest absolute Gasteiger partial charge is 0.348 e. The van der Waals surface area contributed by atoms with Gasteiger partial charge < -0.3 is 9.94 Å². The third-order valence-electron chi connectivity index (χ3n) is 2.19. The summed E-state index contributed by atoms with van der Waals surface area (Å²) in [5, 5.41) is 12.4. The van der Waals surface area contributed by atoms with E-state index in [-0.39, 0.29) is 0 Å². The number of hydrogen-bond donors (Lipinski definition) is 1. The molecule has 1 aromatic rings. The molecule has 0 radical (unpaired) electrons. The molecule has 1 atom stereocenters. The molecule has 5 nitrogen and oxygen atoms in total. The highest BCUT2D eigenvalue weighted by Crippen LogP contribution is 2.16. The summed E-state index contributed by atoms with van der Waals surface area (Å²) in [5.41, 5.74) is 2.35. The molecule has 1 aliphatic rings. The molecule has 0 saturated carbocycles. The molecule has 1 unspecified atom stereocenters. The van der Waals surface area contributed by atoms with E-state index in [2.05, 4.69) is 10.1 Å². The Morgan fingerprint density at radius 2 is 2.40 bits per heavy atom. The lowest BCUT2D eigenvalue weighted by atomic mass is 10.1. The average Bonchev–Trinajstić information content (AvgIpc) is 2.68. The van der Waals surface area contributed by atoms with Crippen molar-refractivity contribution in [2.24, 2.45) is 5.16 Å². The fraction of sp³-hybridized carbons (Fsp3) is 0.300. The molecule has 15 heavy (non-hydrogen) atoms. The summed E-state index contributed by atoms with van der Waals surface area (Å²) in [4.78, 5) is 19.5. The lowest BCUT2D eigenvalue weighted by molar-refractivity contribution is -0.148. The maximum Gasteiger partial charge on any atom is 0.348 e.